The number of aromatic nitrogens is 2. The third-order valence-electron chi connectivity index (χ3n) is 2.41. The van der Waals surface area contributed by atoms with Crippen molar-refractivity contribution < 1.29 is 4.79 Å². The molecule has 2 heterocycles. The number of hydrogen-bond acceptors (Lipinski definition) is 4. The Kier molecular flexibility index (Phi) is 2.73. The molecule has 2 rings (SSSR count). The number of halogens is 1. The Morgan fingerprint density at radius 1 is 1.53 bits per heavy atom. The summed E-state index contributed by atoms with van der Waals surface area (Å²) in [5.74, 6) is 0.560. The fourth-order valence-electron chi connectivity index (χ4n) is 1.58. The summed E-state index contributed by atoms with van der Waals surface area (Å²) < 4.78 is 0. The van der Waals surface area contributed by atoms with Crippen molar-refractivity contribution in [3.05, 3.63) is 17.5 Å². The lowest BCUT2D eigenvalue weighted by atomic mass is 10.2. The largest absolute Gasteiger partial charge is 0.353 e. The van der Waals surface area contributed by atoms with Gasteiger partial charge in [0, 0.05) is 25.5 Å². The van der Waals surface area contributed by atoms with Gasteiger partial charge in [-0.05, 0) is 6.92 Å². The van der Waals surface area contributed by atoms with Gasteiger partial charge >= 0.3 is 0 Å². The maximum absolute atomic E-state index is 11.4. The summed E-state index contributed by atoms with van der Waals surface area (Å²) in [5.41, 5.74) is 0. The second kappa shape index (κ2) is 4.02. The van der Waals surface area contributed by atoms with Gasteiger partial charge in [0.05, 0.1) is 0 Å². The summed E-state index contributed by atoms with van der Waals surface area (Å²) >= 11 is 5.92. The van der Waals surface area contributed by atoms with Crippen molar-refractivity contribution in [1.29, 1.82) is 0 Å². The Hall–Kier alpha value is -1.36. The molecule has 0 aliphatic carbocycles. The van der Waals surface area contributed by atoms with Crippen LogP contribution in [0.25, 0.3) is 0 Å². The zero-order chi connectivity index (χ0) is 10.8. The Morgan fingerprint density at radius 2 is 2.27 bits per heavy atom. The topological polar surface area (TPSA) is 58.1 Å². The van der Waals surface area contributed by atoms with E-state index in [1.54, 1.807) is 6.20 Å². The molecule has 1 unspecified atom stereocenters. The molecule has 80 valence electrons. The molecule has 1 aromatic rings. The van der Waals surface area contributed by atoms with Gasteiger partial charge in [0.15, 0.2) is 11.0 Å². The van der Waals surface area contributed by atoms with Crippen LogP contribution in [0.4, 0.5) is 5.82 Å². The van der Waals surface area contributed by atoms with E-state index in [1.165, 1.54) is 6.20 Å². The van der Waals surface area contributed by atoms with E-state index in [1.807, 2.05) is 11.8 Å². The SMILES string of the molecule is CC1C(=O)NCCN1c1nccnc1Cl. The number of piperazine rings is 1. The summed E-state index contributed by atoms with van der Waals surface area (Å²) in [4.78, 5) is 21.4. The maximum atomic E-state index is 11.4. The molecular weight excluding hydrogens is 216 g/mol. The van der Waals surface area contributed by atoms with Crippen LogP contribution in [0.5, 0.6) is 0 Å². The van der Waals surface area contributed by atoms with E-state index in [0.717, 1.165) is 0 Å². The third kappa shape index (κ3) is 1.87. The van der Waals surface area contributed by atoms with E-state index in [-0.39, 0.29) is 11.9 Å². The number of anilines is 1. The highest BCUT2D eigenvalue weighted by atomic mass is 35.5. The number of amides is 1. The molecule has 1 N–H and O–H groups in total. The van der Waals surface area contributed by atoms with Gasteiger partial charge < -0.3 is 10.2 Å². The first-order valence-electron chi connectivity index (χ1n) is 4.71. The highest BCUT2D eigenvalue weighted by Crippen LogP contribution is 2.22. The molecule has 1 fully saturated rings. The van der Waals surface area contributed by atoms with E-state index >= 15 is 0 Å². The van der Waals surface area contributed by atoms with Crippen molar-refractivity contribution in [2.45, 2.75) is 13.0 Å². The van der Waals surface area contributed by atoms with Crippen LogP contribution >= 0.6 is 11.6 Å². The number of rotatable bonds is 1. The molecular formula is C9H11ClN4O. The number of nitrogens with one attached hydrogen (secondary N) is 1. The molecule has 1 aromatic heterocycles. The quantitative estimate of drug-likeness (QED) is 0.756. The third-order valence-corrected chi connectivity index (χ3v) is 2.67. The zero-order valence-electron chi connectivity index (χ0n) is 8.27. The number of carbonyl (C=O) groups excluding carboxylic acids is 1. The molecule has 6 heteroatoms. The number of nitrogens with zero attached hydrogens (tertiary/aromatic N) is 3. The van der Waals surface area contributed by atoms with Crippen molar-refractivity contribution >= 4 is 23.3 Å². The van der Waals surface area contributed by atoms with E-state index in [9.17, 15) is 4.79 Å². The normalized spacial score (nSPS) is 21.3. The maximum Gasteiger partial charge on any atom is 0.242 e. The Balaban J connectivity index is 2.30. The highest BCUT2D eigenvalue weighted by molar-refractivity contribution is 6.31. The summed E-state index contributed by atoms with van der Waals surface area (Å²) in [6, 6.07) is -0.257. The smallest absolute Gasteiger partial charge is 0.242 e. The van der Waals surface area contributed by atoms with E-state index in [4.69, 9.17) is 11.6 Å². The predicted octanol–water partition coefficient (Wildman–Crippen LogP) is 0.455. The molecule has 0 radical (unpaired) electrons. The fraction of sp³-hybridized carbons (Fsp3) is 0.444. The second-order valence-corrected chi connectivity index (χ2v) is 3.69. The monoisotopic (exact) mass is 226 g/mol. The van der Waals surface area contributed by atoms with E-state index in [0.29, 0.717) is 24.1 Å². The Bertz CT molecular complexity index is 384. The summed E-state index contributed by atoms with van der Waals surface area (Å²) in [7, 11) is 0. The second-order valence-electron chi connectivity index (χ2n) is 3.33. The highest BCUT2D eigenvalue weighted by Gasteiger charge is 2.27. The molecule has 1 atom stereocenters. The molecule has 1 amide bonds. The summed E-state index contributed by atoms with van der Waals surface area (Å²) in [6.45, 7) is 3.13. The molecule has 1 saturated heterocycles. The average Bonchev–Trinajstić information content (AvgIpc) is 2.23. The Morgan fingerprint density at radius 3 is 3.00 bits per heavy atom. The molecule has 1 aliphatic rings. The van der Waals surface area contributed by atoms with Crippen molar-refractivity contribution in [3.8, 4) is 0 Å². The standard InChI is InChI=1S/C9H11ClN4O/c1-6-9(15)13-4-5-14(6)8-7(10)11-2-3-12-8/h2-3,6H,4-5H2,1H3,(H,13,15). The van der Waals surface area contributed by atoms with Crippen LogP contribution in [0, 0.1) is 0 Å². The van der Waals surface area contributed by atoms with Gasteiger partial charge in [-0.3, -0.25) is 4.79 Å². The van der Waals surface area contributed by atoms with Crippen LogP contribution in [0.15, 0.2) is 12.4 Å². The molecule has 1 aliphatic heterocycles. The lowest BCUT2D eigenvalue weighted by Crippen LogP contribution is -2.54. The molecule has 5 nitrogen and oxygen atoms in total. The summed E-state index contributed by atoms with van der Waals surface area (Å²) in [6.07, 6.45) is 3.10. The van der Waals surface area contributed by atoms with Gasteiger partial charge in [0.1, 0.15) is 6.04 Å². The Labute approximate surface area is 92.5 Å². The molecule has 15 heavy (non-hydrogen) atoms. The first-order chi connectivity index (χ1) is 7.20. The van der Waals surface area contributed by atoms with Crippen molar-refractivity contribution in [2.75, 3.05) is 18.0 Å². The van der Waals surface area contributed by atoms with Gasteiger partial charge in [0.2, 0.25) is 5.91 Å². The van der Waals surface area contributed by atoms with Crippen LogP contribution in [-0.2, 0) is 4.79 Å². The van der Waals surface area contributed by atoms with Gasteiger partial charge in [-0.1, -0.05) is 11.6 Å². The minimum atomic E-state index is -0.257. The van der Waals surface area contributed by atoms with Gasteiger partial charge in [0.25, 0.3) is 0 Å². The van der Waals surface area contributed by atoms with Crippen LogP contribution in [0.2, 0.25) is 5.15 Å². The first-order valence-corrected chi connectivity index (χ1v) is 5.09. The lowest BCUT2D eigenvalue weighted by molar-refractivity contribution is -0.122. The van der Waals surface area contributed by atoms with Crippen molar-refractivity contribution in [2.24, 2.45) is 0 Å². The minimum absolute atomic E-state index is 0.0111. The van der Waals surface area contributed by atoms with Crippen molar-refractivity contribution in [1.82, 2.24) is 15.3 Å². The molecule has 0 spiro atoms. The predicted molar refractivity (Wildman–Crippen MR) is 56.9 cm³/mol. The number of carbonyl (C=O) groups is 1. The lowest BCUT2D eigenvalue weighted by Gasteiger charge is -2.33. The van der Waals surface area contributed by atoms with E-state index in [2.05, 4.69) is 15.3 Å². The fourth-order valence-corrected chi connectivity index (χ4v) is 1.79. The van der Waals surface area contributed by atoms with Crippen LogP contribution in [0.1, 0.15) is 6.92 Å². The van der Waals surface area contributed by atoms with Gasteiger partial charge in [-0.15, -0.1) is 0 Å². The molecule has 0 aromatic carbocycles. The first kappa shape index (κ1) is 10.2. The minimum Gasteiger partial charge on any atom is -0.353 e. The molecule has 0 bridgehead atoms. The zero-order valence-corrected chi connectivity index (χ0v) is 9.03. The van der Waals surface area contributed by atoms with Crippen molar-refractivity contribution in [3.63, 3.8) is 0 Å². The van der Waals surface area contributed by atoms with Gasteiger partial charge in [-0.2, -0.15) is 0 Å². The van der Waals surface area contributed by atoms with Crippen LogP contribution in [0.3, 0.4) is 0 Å². The average molecular weight is 227 g/mol. The van der Waals surface area contributed by atoms with Gasteiger partial charge in [-0.25, -0.2) is 9.97 Å². The van der Waals surface area contributed by atoms with Crippen LogP contribution in [-0.4, -0.2) is 35.0 Å². The molecule has 0 saturated carbocycles. The van der Waals surface area contributed by atoms with E-state index < -0.39 is 0 Å². The summed E-state index contributed by atoms with van der Waals surface area (Å²) in [5, 5.41) is 3.11. The van der Waals surface area contributed by atoms with Crippen LogP contribution < -0.4 is 10.2 Å². The number of hydrogen-bond donors (Lipinski definition) is 1.